The fraction of sp³-hybridized carbons (Fsp3) is 0.222. The van der Waals surface area contributed by atoms with Crippen LogP contribution in [0.5, 0.6) is 5.75 Å². The highest BCUT2D eigenvalue weighted by Crippen LogP contribution is 2.43. The number of aromatic hydroxyl groups is 1. The Balaban J connectivity index is 1.39. The fourth-order valence-electron chi connectivity index (χ4n) is 7.50. The lowest BCUT2D eigenvalue weighted by Crippen LogP contribution is -2.12. The van der Waals surface area contributed by atoms with E-state index < -0.39 is 6.04 Å². The molecule has 0 saturated heterocycles. The van der Waals surface area contributed by atoms with Gasteiger partial charge in [0, 0.05) is 22.9 Å². The van der Waals surface area contributed by atoms with E-state index in [0.29, 0.717) is 22.6 Å². The van der Waals surface area contributed by atoms with Crippen LogP contribution in [0.1, 0.15) is 85.9 Å². The lowest BCUT2D eigenvalue weighted by molar-refractivity contribution is 0.477. The van der Waals surface area contributed by atoms with Gasteiger partial charge in [0.25, 0.3) is 0 Å². The Labute approximate surface area is 351 Å². The highest BCUT2D eigenvalue weighted by Gasteiger charge is 2.25. The van der Waals surface area contributed by atoms with Gasteiger partial charge in [-0.2, -0.15) is 0 Å². The second kappa shape index (κ2) is 14.6. The lowest BCUT2D eigenvalue weighted by Gasteiger charge is -2.24. The number of rotatable bonds is 6. The van der Waals surface area contributed by atoms with Gasteiger partial charge in [0.2, 0.25) is 0 Å². The zero-order chi connectivity index (χ0) is 45.3. The minimum Gasteiger partial charge on any atom is -0.507 e. The van der Waals surface area contributed by atoms with Crippen molar-refractivity contribution in [2.45, 2.75) is 78.6 Å². The molecule has 58 heavy (non-hydrogen) atoms. The Morgan fingerprint density at radius 2 is 1.17 bits per heavy atom. The topological polar surface area (TPSA) is 50.9 Å². The molecule has 8 rings (SSSR count). The first-order valence-corrected chi connectivity index (χ1v) is 19.9. The van der Waals surface area contributed by atoms with Crippen molar-refractivity contribution in [1.82, 2.24) is 14.5 Å². The van der Waals surface area contributed by atoms with Crippen molar-refractivity contribution in [2.75, 3.05) is 0 Å². The van der Waals surface area contributed by atoms with Gasteiger partial charge in [-0.1, -0.05) is 153 Å². The van der Waals surface area contributed by atoms with Crippen molar-refractivity contribution in [3.8, 4) is 67.5 Å². The van der Waals surface area contributed by atoms with E-state index in [1.54, 1.807) is 24.4 Å². The number of pyridine rings is 1. The van der Waals surface area contributed by atoms with Gasteiger partial charge in [0.1, 0.15) is 11.6 Å². The third kappa shape index (κ3) is 7.47. The smallest absolute Gasteiger partial charge is 0.149 e. The van der Waals surface area contributed by atoms with Crippen molar-refractivity contribution in [3.05, 3.63) is 168 Å². The molecule has 290 valence electrons. The first-order valence-electron chi connectivity index (χ1n) is 22.4. The van der Waals surface area contributed by atoms with Crippen LogP contribution in [-0.4, -0.2) is 19.6 Å². The number of imidazole rings is 1. The van der Waals surface area contributed by atoms with Crippen molar-refractivity contribution in [1.29, 1.82) is 0 Å². The molecule has 1 N–H and O–H groups in total. The van der Waals surface area contributed by atoms with Crippen LogP contribution >= 0.6 is 0 Å². The molecular formula is C54H53N3O. The molecule has 0 aliphatic heterocycles. The molecule has 0 atom stereocenters. The van der Waals surface area contributed by atoms with E-state index in [-0.39, 0.29) is 51.7 Å². The molecule has 0 unspecified atom stereocenters. The van der Waals surface area contributed by atoms with Gasteiger partial charge >= 0.3 is 0 Å². The molecule has 0 fully saturated rings. The molecule has 0 aliphatic carbocycles. The fourth-order valence-corrected chi connectivity index (χ4v) is 7.50. The number of hydrogen-bond acceptors (Lipinski definition) is 3. The Hall–Kier alpha value is -6.26. The van der Waals surface area contributed by atoms with Crippen molar-refractivity contribution in [3.63, 3.8) is 0 Å². The number of phenolic OH excluding ortho intramolecular Hbond substituents is 1. The van der Waals surface area contributed by atoms with Crippen molar-refractivity contribution < 1.29 is 12.0 Å². The Kier molecular flexibility index (Phi) is 8.25. The van der Waals surface area contributed by atoms with Crippen LogP contribution < -0.4 is 0 Å². The molecule has 2 aromatic heterocycles. The summed E-state index contributed by atoms with van der Waals surface area (Å²) < 4.78 is 44.2. The van der Waals surface area contributed by atoms with Gasteiger partial charge in [-0.3, -0.25) is 9.55 Å². The summed E-state index contributed by atoms with van der Waals surface area (Å²) in [7, 11) is 0. The summed E-state index contributed by atoms with van der Waals surface area (Å²) in [5, 5.41) is 11.4. The molecule has 0 aliphatic rings. The van der Waals surface area contributed by atoms with Gasteiger partial charge in [0.05, 0.1) is 34.8 Å². The Morgan fingerprint density at radius 1 is 0.517 bits per heavy atom. The lowest BCUT2D eigenvalue weighted by atomic mass is 9.83. The van der Waals surface area contributed by atoms with E-state index in [2.05, 4.69) is 140 Å². The van der Waals surface area contributed by atoms with E-state index in [9.17, 15) is 5.11 Å². The van der Waals surface area contributed by atoms with Crippen LogP contribution in [0.25, 0.3) is 72.7 Å². The minimum absolute atomic E-state index is 0.00303. The number of benzene rings is 6. The van der Waals surface area contributed by atoms with Crippen LogP contribution in [0, 0.1) is 0 Å². The van der Waals surface area contributed by atoms with Crippen LogP contribution in [0.2, 0.25) is 0 Å². The van der Waals surface area contributed by atoms with Gasteiger partial charge < -0.3 is 5.11 Å². The summed E-state index contributed by atoms with van der Waals surface area (Å²) in [5.74, 6) is 0.729. The molecule has 0 spiro atoms. The molecule has 0 radical (unpaired) electrons. The zero-order valence-electron chi connectivity index (χ0n) is 39.8. The summed E-state index contributed by atoms with van der Waals surface area (Å²) in [6.07, 6.45) is 1.62. The molecule has 4 nitrogen and oxygen atoms in total. The maximum Gasteiger partial charge on any atom is 0.149 e. The third-order valence-corrected chi connectivity index (χ3v) is 10.9. The number of nitrogens with zero attached hydrogens (tertiary/aromatic N) is 3. The molecule has 0 bridgehead atoms. The van der Waals surface area contributed by atoms with Gasteiger partial charge in [-0.15, -0.1) is 0 Å². The number of fused-ring (bicyclic) bond motifs is 1. The first-order chi connectivity index (χ1) is 29.6. The van der Waals surface area contributed by atoms with Gasteiger partial charge in [-0.05, 0) is 110 Å². The monoisotopic (exact) mass is 764 g/mol. The maximum absolute atomic E-state index is 11.4. The Morgan fingerprint density at radius 3 is 1.86 bits per heavy atom. The van der Waals surface area contributed by atoms with E-state index in [4.69, 9.17) is 16.8 Å². The SMILES string of the molecule is [2H]c1c([2H])c([2H])c(-c2ccnc(-c3cc(-c4cccc5c4nc(-c4ccccc4O)n5-c4ccc(C(C)(C)C)cc4-c4ccc(C(C)(C)C)cc4)cc(C(C)(C)C)c3)c2)c([2H])c1[2H]. The highest BCUT2D eigenvalue weighted by molar-refractivity contribution is 5.97. The van der Waals surface area contributed by atoms with E-state index >= 15 is 0 Å². The second-order valence-electron chi connectivity index (χ2n) is 18.2. The van der Waals surface area contributed by atoms with Crippen molar-refractivity contribution >= 4 is 11.0 Å². The van der Waals surface area contributed by atoms with Gasteiger partial charge in [0.15, 0.2) is 0 Å². The molecule has 4 heteroatoms. The van der Waals surface area contributed by atoms with Crippen LogP contribution in [-0.2, 0) is 16.2 Å². The zero-order valence-corrected chi connectivity index (χ0v) is 34.8. The molecule has 8 aromatic rings. The van der Waals surface area contributed by atoms with Crippen LogP contribution in [0.15, 0.2) is 152 Å². The summed E-state index contributed by atoms with van der Waals surface area (Å²) in [5.41, 5.74) is 12.2. The van der Waals surface area contributed by atoms with E-state index in [1.165, 1.54) is 11.1 Å². The van der Waals surface area contributed by atoms with E-state index in [0.717, 1.165) is 50.1 Å². The minimum atomic E-state index is -0.430. The maximum atomic E-state index is 11.4. The van der Waals surface area contributed by atoms with Crippen LogP contribution in [0.3, 0.4) is 0 Å². The first kappa shape index (κ1) is 32.8. The average Bonchev–Trinajstić information content (AvgIpc) is 3.63. The molecule has 6 aromatic carbocycles. The summed E-state index contributed by atoms with van der Waals surface area (Å²) >= 11 is 0. The quantitative estimate of drug-likeness (QED) is 0.183. The summed E-state index contributed by atoms with van der Waals surface area (Å²) in [6, 6.07) is 37.2. The van der Waals surface area contributed by atoms with Crippen LogP contribution in [0.4, 0.5) is 0 Å². The van der Waals surface area contributed by atoms with Gasteiger partial charge in [-0.25, -0.2) is 4.98 Å². The summed E-state index contributed by atoms with van der Waals surface area (Å²) in [6.45, 7) is 19.8. The number of phenols is 1. The normalized spacial score (nSPS) is 13.5. The predicted octanol–water partition coefficient (Wildman–Crippen LogP) is 14.4. The average molecular weight is 765 g/mol. The van der Waals surface area contributed by atoms with Crippen molar-refractivity contribution in [2.24, 2.45) is 0 Å². The number of aromatic nitrogens is 3. The molecule has 0 amide bonds. The second-order valence-corrected chi connectivity index (χ2v) is 18.2. The third-order valence-electron chi connectivity index (χ3n) is 10.9. The highest BCUT2D eigenvalue weighted by atomic mass is 16.3. The molecular weight excluding hydrogens is 707 g/mol. The Bertz CT molecular complexity index is 3050. The number of hydrogen-bond donors (Lipinski definition) is 1. The molecule has 2 heterocycles. The predicted molar refractivity (Wildman–Crippen MR) is 244 cm³/mol. The largest absolute Gasteiger partial charge is 0.507 e. The summed E-state index contributed by atoms with van der Waals surface area (Å²) in [4.78, 5) is 10.2. The van der Waals surface area contributed by atoms with E-state index in [1.807, 2.05) is 24.3 Å². The molecule has 0 saturated carbocycles. The standard InChI is InChI=1S/C54H53N3O/c1-52(2,3)40-24-22-36(23-25-40)45-34-41(53(4,5)6)26-27-47(45)57-48-20-15-19-43(50(48)56-51(57)44-18-13-14-21-49(44)58)38-30-39(32-42(31-38)54(7,8)9)46-33-37(28-29-55-46)35-16-11-10-12-17-35/h10-34,58H,1-9H3/i10D,11D,12D,16D,17D. The number of para-hydroxylation sites is 2.